The molecule has 1 heterocycles. The SMILES string of the molecule is CN1CCCN(S(=O)(=O)c2cccc(F)c2CN)CC1=O. The molecule has 1 saturated heterocycles. The van der Waals surface area contributed by atoms with Gasteiger partial charge in [0, 0.05) is 32.2 Å². The van der Waals surface area contributed by atoms with Gasteiger partial charge in [0.2, 0.25) is 15.9 Å². The summed E-state index contributed by atoms with van der Waals surface area (Å²) in [4.78, 5) is 13.2. The molecular formula is C13H18FN3O3S. The van der Waals surface area contributed by atoms with Crippen LogP contribution in [0.5, 0.6) is 0 Å². The smallest absolute Gasteiger partial charge is 0.243 e. The zero-order valence-electron chi connectivity index (χ0n) is 11.8. The number of amides is 1. The van der Waals surface area contributed by atoms with Gasteiger partial charge in [0.05, 0.1) is 11.4 Å². The summed E-state index contributed by atoms with van der Waals surface area (Å²) in [7, 11) is -2.31. The molecule has 0 saturated carbocycles. The van der Waals surface area contributed by atoms with E-state index in [2.05, 4.69) is 0 Å². The summed E-state index contributed by atoms with van der Waals surface area (Å²) in [5, 5.41) is 0. The Morgan fingerprint density at radius 1 is 1.33 bits per heavy atom. The van der Waals surface area contributed by atoms with E-state index in [0.29, 0.717) is 13.0 Å². The molecule has 1 aromatic carbocycles. The highest BCUT2D eigenvalue weighted by molar-refractivity contribution is 7.89. The van der Waals surface area contributed by atoms with Crippen LogP contribution in [0.2, 0.25) is 0 Å². The van der Waals surface area contributed by atoms with Crippen LogP contribution in [-0.4, -0.2) is 50.2 Å². The molecule has 1 amide bonds. The Morgan fingerprint density at radius 3 is 2.71 bits per heavy atom. The third-order valence-corrected chi connectivity index (χ3v) is 5.47. The predicted molar refractivity (Wildman–Crippen MR) is 75.3 cm³/mol. The highest BCUT2D eigenvalue weighted by Crippen LogP contribution is 2.23. The molecule has 0 atom stereocenters. The molecular weight excluding hydrogens is 297 g/mol. The number of nitrogens with two attached hydrogens (primary N) is 1. The Morgan fingerprint density at radius 2 is 2.05 bits per heavy atom. The van der Waals surface area contributed by atoms with E-state index >= 15 is 0 Å². The van der Waals surface area contributed by atoms with Crippen molar-refractivity contribution in [2.45, 2.75) is 17.9 Å². The number of benzene rings is 1. The van der Waals surface area contributed by atoms with Crippen molar-refractivity contribution in [2.24, 2.45) is 5.73 Å². The molecule has 6 nitrogen and oxygen atoms in total. The first kappa shape index (κ1) is 15.9. The van der Waals surface area contributed by atoms with Gasteiger partial charge in [-0.3, -0.25) is 4.79 Å². The van der Waals surface area contributed by atoms with Crippen LogP contribution >= 0.6 is 0 Å². The van der Waals surface area contributed by atoms with Crippen LogP contribution in [0.15, 0.2) is 23.1 Å². The van der Waals surface area contributed by atoms with Crippen molar-refractivity contribution in [3.63, 3.8) is 0 Å². The maximum atomic E-state index is 13.7. The molecule has 0 bridgehead atoms. The lowest BCUT2D eigenvalue weighted by atomic mass is 10.2. The molecule has 0 aliphatic carbocycles. The second kappa shape index (κ2) is 6.08. The van der Waals surface area contributed by atoms with E-state index in [1.165, 1.54) is 23.1 Å². The highest BCUT2D eigenvalue weighted by atomic mass is 32.2. The fourth-order valence-corrected chi connectivity index (χ4v) is 3.95. The Balaban J connectivity index is 2.42. The number of rotatable bonds is 3. The van der Waals surface area contributed by atoms with Gasteiger partial charge < -0.3 is 10.6 Å². The number of likely N-dealkylation sites (N-methyl/N-ethyl adjacent to an activating group) is 1. The van der Waals surface area contributed by atoms with Crippen molar-refractivity contribution in [1.29, 1.82) is 0 Å². The van der Waals surface area contributed by atoms with Gasteiger partial charge in [-0.1, -0.05) is 6.07 Å². The fourth-order valence-electron chi connectivity index (χ4n) is 2.28. The van der Waals surface area contributed by atoms with E-state index in [1.807, 2.05) is 0 Å². The van der Waals surface area contributed by atoms with Crippen molar-refractivity contribution < 1.29 is 17.6 Å². The second-order valence-corrected chi connectivity index (χ2v) is 6.83. The predicted octanol–water partition coefficient (Wildman–Crippen LogP) is 0.137. The van der Waals surface area contributed by atoms with Crippen LogP contribution in [-0.2, 0) is 21.4 Å². The molecule has 0 aromatic heterocycles. The number of sulfonamides is 1. The quantitative estimate of drug-likeness (QED) is 0.860. The van der Waals surface area contributed by atoms with Gasteiger partial charge in [-0.25, -0.2) is 12.8 Å². The standard InChI is InChI=1S/C13H18FN3O3S/c1-16-6-3-7-17(9-13(16)18)21(19,20)12-5-2-4-11(14)10(12)8-15/h2,4-5H,3,6-9,15H2,1H3. The third kappa shape index (κ3) is 3.07. The van der Waals surface area contributed by atoms with Gasteiger partial charge in [0.1, 0.15) is 5.82 Å². The Kier molecular flexibility index (Phi) is 4.60. The number of carbonyl (C=O) groups excluding carboxylic acids is 1. The average Bonchev–Trinajstić information content (AvgIpc) is 2.61. The fraction of sp³-hybridized carbons (Fsp3) is 0.462. The number of nitrogens with zero attached hydrogens (tertiary/aromatic N) is 2. The molecule has 0 unspecified atom stereocenters. The van der Waals surface area contributed by atoms with Crippen molar-refractivity contribution in [1.82, 2.24) is 9.21 Å². The monoisotopic (exact) mass is 315 g/mol. The van der Waals surface area contributed by atoms with Crippen molar-refractivity contribution in [3.8, 4) is 0 Å². The number of carbonyl (C=O) groups is 1. The minimum absolute atomic E-state index is 0.0532. The summed E-state index contributed by atoms with van der Waals surface area (Å²) in [6.07, 6.45) is 0.536. The highest BCUT2D eigenvalue weighted by Gasteiger charge is 2.31. The maximum Gasteiger partial charge on any atom is 0.243 e. The van der Waals surface area contributed by atoms with E-state index in [4.69, 9.17) is 5.73 Å². The zero-order chi connectivity index (χ0) is 15.6. The lowest BCUT2D eigenvalue weighted by Crippen LogP contribution is -2.38. The van der Waals surface area contributed by atoms with Crippen molar-refractivity contribution >= 4 is 15.9 Å². The van der Waals surface area contributed by atoms with Crippen LogP contribution in [0, 0.1) is 5.82 Å². The number of hydrogen-bond donors (Lipinski definition) is 1. The number of hydrogen-bond acceptors (Lipinski definition) is 4. The first-order valence-corrected chi connectivity index (χ1v) is 8.03. The minimum Gasteiger partial charge on any atom is -0.345 e. The van der Waals surface area contributed by atoms with Gasteiger partial charge in [-0.15, -0.1) is 0 Å². The molecule has 1 aliphatic rings. The van der Waals surface area contributed by atoms with Gasteiger partial charge in [0.25, 0.3) is 0 Å². The van der Waals surface area contributed by atoms with E-state index in [1.54, 1.807) is 7.05 Å². The molecule has 2 rings (SSSR count). The summed E-state index contributed by atoms with van der Waals surface area (Å²) < 4.78 is 40.1. The molecule has 2 N–H and O–H groups in total. The molecule has 21 heavy (non-hydrogen) atoms. The molecule has 8 heteroatoms. The topological polar surface area (TPSA) is 83.7 Å². The summed E-state index contributed by atoms with van der Waals surface area (Å²) in [5.41, 5.74) is 5.41. The lowest BCUT2D eigenvalue weighted by Gasteiger charge is -2.21. The van der Waals surface area contributed by atoms with Crippen LogP contribution in [0.25, 0.3) is 0 Å². The first-order chi connectivity index (χ1) is 9.87. The van der Waals surface area contributed by atoms with Gasteiger partial charge >= 0.3 is 0 Å². The molecule has 0 spiro atoms. The summed E-state index contributed by atoms with van der Waals surface area (Å²) in [6.45, 7) is 0.263. The molecule has 1 fully saturated rings. The van der Waals surface area contributed by atoms with Gasteiger partial charge in [-0.2, -0.15) is 4.31 Å². The lowest BCUT2D eigenvalue weighted by molar-refractivity contribution is -0.129. The van der Waals surface area contributed by atoms with E-state index in [-0.39, 0.29) is 36.0 Å². The number of halogens is 1. The van der Waals surface area contributed by atoms with E-state index in [9.17, 15) is 17.6 Å². The van der Waals surface area contributed by atoms with E-state index in [0.717, 1.165) is 4.31 Å². The Hall–Kier alpha value is -1.51. The summed E-state index contributed by atoms with van der Waals surface area (Å²) in [5.74, 6) is -0.932. The van der Waals surface area contributed by atoms with Crippen LogP contribution < -0.4 is 5.73 Å². The van der Waals surface area contributed by atoms with Gasteiger partial charge in [0.15, 0.2) is 0 Å². The largest absolute Gasteiger partial charge is 0.345 e. The Bertz CT molecular complexity index is 648. The van der Waals surface area contributed by atoms with E-state index < -0.39 is 15.8 Å². The first-order valence-electron chi connectivity index (χ1n) is 6.59. The zero-order valence-corrected chi connectivity index (χ0v) is 12.6. The second-order valence-electron chi connectivity index (χ2n) is 4.93. The normalized spacial score (nSPS) is 17.9. The maximum absolute atomic E-state index is 13.7. The summed E-state index contributed by atoms with van der Waals surface area (Å²) in [6, 6.07) is 3.81. The molecule has 116 valence electrons. The van der Waals surface area contributed by atoms with Gasteiger partial charge in [-0.05, 0) is 18.6 Å². The molecule has 1 aromatic rings. The van der Waals surface area contributed by atoms with Crippen LogP contribution in [0.1, 0.15) is 12.0 Å². The van der Waals surface area contributed by atoms with Crippen LogP contribution in [0.3, 0.4) is 0 Å². The Labute approximate surface area is 123 Å². The summed E-state index contributed by atoms with van der Waals surface area (Å²) >= 11 is 0. The minimum atomic E-state index is -3.94. The molecule has 0 radical (unpaired) electrons. The van der Waals surface area contributed by atoms with Crippen molar-refractivity contribution in [2.75, 3.05) is 26.7 Å². The molecule has 1 aliphatic heterocycles. The van der Waals surface area contributed by atoms with Crippen molar-refractivity contribution in [3.05, 3.63) is 29.6 Å². The average molecular weight is 315 g/mol. The van der Waals surface area contributed by atoms with Crippen LogP contribution in [0.4, 0.5) is 4.39 Å². The third-order valence-electron chi connectivity index (χ3n) is 3.54.